The Bertz CT molecular complexity index is 1910. The lowest BCUT2D eigenvalue weighted by molar-refractivity contribution is 0.0548. The van der Waals surface area contributed by atoms with Crippen LogP contribution in [0.4, 0.5) is 10.5 Å². The highest BCUT2D eigenvalue weighted by atomic mass is 16.6. The molecule has 260 valence electrons. The summed E-state index contributed by atoms with van der Waals surface area (Å²) < 4.78 is 17.5. The zero-order chi connectivity index (χ0) is 34.7. The van der Waals surface area contributed by atoms with Gasteiger partial charge in [0.05, 0.1) is 17.3 Å². The summed E-state index contributed by atoms with van der Waals surface area (Å²) in [6, 6.07) is 31.2. The number of phenols is 1. The summed E-state index contributed by atoms with van der Waals surface area (Å²) in [5.41, 5.74) is 3.30. The van der Waals surface area contributed by atoms with Crippen molar-refractivity contribution in [3.8, 4) is 28.4 Å². The third kappa shape index (κ3) is 9.20. The summed E-state index contributed by atoms with van der Waals surface area (Å²) in [5.74, 6) is 1.42. The number of aromatic amines is 1. The normalized spacial score (nSPS) is 14.3. The van der Waals surface area contributed by atoms with Gasteiger partial charge in [-0.2, -0.15) is 0 Å². The van der Waals surface area contributed by atoms with Crippen LogP contribution in [-0.4, -0.2) is 78.2 Å². The third-order valence-corrected chi connectivity index (χ3v) is 8.71. The van der Waals surface area contributed by atoms with Crippen molar-refractivity contribution >= 4 is 22.7 Å². The molecule has 11 heteroatoms. The number of hydrogen-bond acceptors (Lipinski definition) is 9. The van der Waals surface area contributed by atoms with Gasteiger partial charge in [0.1, 0.15) is 36.6 Å². The number of nitrogens with zero attached hydrogens (tertiary/aromatic N) is 1. The Morgan fingerprint density at radius 2 is 1.56 bits per heavy atom. The molecule has 1 aliphatic heterocycles. The quantitative estimate of drug-likeness (QED) is 0.0935. The Kier molecular flexibility index (Phi) is 11.6. The number of aromatic nitrogens is 1. The van der Waals surface area contributed by atoms with Gasteiger partial charge >= 0.3 is 6.09 Å². The van der Waals surface area contributed by atoms with E-state index >= 15 is 0 Å². The minimum atomic E-state index is -0.833. The molecule has 0 bridgehead atoms. The average molecular weight is 679 g/mol. The van der Waals surface area contributed by atoms with Gasteiger partial charge in [-0.1, -0.05) is 54.6 Å². The lowest BCUT2D eigenvalue weighted by Crippen LogP contribution is -2.40. The van der Waals surface area contributed by atoms with Gasteiger partial charge in [0.25, 0.3) is 0 Å². The van der Waals surface area contributed by atoms with Crippen molar-refractivity contribution < 1.29 is 29.2 Å². The first kappa shape index (κ1) is 34.5. The number of ether oxygens (including phenoxy) is 3. The highest BCUT2D eigenvalue weighted by Crippen LogP contribution is 2.29. The van der Waals surface area contributed by atoms with E-state index in [1.165, 1.54) is 12.1 Å². The van der Waals surface area contributed by atoms with E-state index in [-0.39, 0.29) is 24.0 Å². The van der Waals surface area contributed by atoms with Crippen molar-refractivity contribution in [2.75, 3.05) is 51.3 Å². The number of rotatable bonds is 14. The Hall–Kier alpha value is -5.36. The monoisotopic (exact) mass is 678 g/mol. The number of amides is 1. The van der Waals surface area contributed by atoms with Crippen LogP contribution in [0.15, 0.2) is 108 Å². The summed E-state index contributed by atoms with van der Waals surface area (Å²) in [5, 5.41) is 27.4. The molecule has 1 aromatic heterocycles. The van der Waals surface area contributed by atoms with Crippen LogP contribution in [0.2, 0.25) is 0 Å². The number of nitrogens with one attached hydrogen (secondary N) is 3. The van der Waals surface area contributed by atoms with E-state index in [4.69, 9.17) is 14.2 Å². The molecule has 4 aromatic carbocycles. The van der Waals surface area contributed by atoms with Crippen molar-refractivity contribution in [2.45, 2.75) is 25.0 Å². The van der Waals surface area contributed by atoms with E-state index < -0.39 is 12.2 Å². The molecule has 6 rings (SSSR count). The molecule has 5 N–H and O–H groups in total. The smallest absolute Gasteiger partial charge is 0.411 e. The fourth-order valence-corrected chi connectivity index (χ4v) is 6.07. The van der Waals surface area contributed by atoms with E-state index in [2.05, 4.69) is 20.5 Å². The Morgan fingerprint density at radius 1 is 0.860 bits per heavy atom. The van der Waals surface area contributed by atoms with Gasteiger partial charge in [0.15, 0.2) is 0 Å². The summed E-state index contributed by atoms with van der Waals surface area (Å²) in [6.07, 6.45) is 0.141. The summed E-state index contributed by atoms with van der Waals surface area (Å²) in [7, 11) is 0. The molecule has 11 nitrogen and oxygen atoms in total. The molecule has 0 radical (unpaired) electrons. The van der Waals surface area contributed by atoms with Gasteiger partial charge in [-0.05, 0) is 66.4 Å². The first-order valence-corrected chi connectivity index (χ1v) is 16.9. The van der Waals surface area contributed by atoms with E-state index in [0.29, 0.717) is 42.0 Å². The molecule has 5 aromatic rings. The van der Waals surface area contributed by atoms with Crippen LogP contribution in [0.25, 0.3) is 22.0 Å². The standard InChI is InChI=1S/C39H42N4O7/c44-35-16-14-32(33-15-17-37(46)42-38(33)35)36(45)26-40-20-24-48-28-10-12-29(13-11-28)49-25-23-43-21-18-30(19-22-43)50-39(47)41-34-9-5-4-8-31(34)27-6-2-1-3-7-27/h1-17,30,36,40,44-45H,18-26H2,(H,41,47)(H,42,46)/t36-/m1/s1. The molecule has 1 fully saturated rings. The molecule has 1 amide bonds. The summed E-state index contributed by atoms with van der Waals surface area (Å²) >= 11 is 0. The van der Waals surface area contributed by atoms with Crippen LogP contribution in [0, 0.1) is 0 Å². The van der Waals surface area contributed by atoms with Crippen molar-refractivity contribution in [2.24, 2.45) is 0 Å². The maximum absolute atomic E-state index is 12.7. The fourth-order valence-electron chi connectivity index (χ4n) is 6.07. The number of piperidine rings is 1. The number of H-pyrrole nitrogens is 1. The average Bonchev–Trinajstić information content (AvgIpc) is 3.13. The predicted octanol–water partition coefficient (Wildman–Crippen LogP) is 5.69. The van der Waals surface area contributed by atoms with Crippen LogP contribution in [-0.2, 0) is 4.74 Å². The Morgan fingerprint density at radius 3 is 2.32 bits per heavy atom. The lowest BCUT2D eigenvalue weighted by atomic mass is 10.0. The molecular formula is C39H42N4O7. The second-order valence-corrected chi connectivity index (χ2v) is 12.2. The van der Waals surface area contributed by atoms with Crippen LogP contribution < -0.4 is 25.7 Å². The van der Waals surface area contributed by atoms with E-state index in [1.54, 1.807) is 12.1 Å². The number of likely N-dealkylation sites (tertiary alicyclic amines) is 1. The Labute approximate surface area is 290 Å². The molecule has 0 unspecified atom stereocenters. The van der Waals surface area contributed by atoms with Gasteiger partial charge < -0.3 is 34.7 Å². The van der Waals surface area contributed by atoms with Gasteiger partial charge in [0.2, 0.25) is 5.56 Å². The van der Waals surface area contributed by atoms with E-state index in [0.717, 1.165) is 55.0 Å². The summed E-state index contributed by atoms with van der Waals surface area (Å²) in [6.45, 7) is 4.16. The van der Waals surface area contributed by atoms with Crippen LogP contribution in [0.5, 0.6) is 17.2 Å². The topological polar surface area (TPSA) is 145 Å². The SMILES string of the molecule is O=C(Nc1ccccc1-c1ccccc1)OC1CCN(CCOc2ccc(OCCNC[C@@H](O)c3ccc(O)c4[nH]c(=O)ccc34)cc2)CC1. The molecule has 0 saturated carbocycles. The molecule has 1 saturated heterocycles. The van der Waals surface area contributed by atoms with Crippen molar-refractivity contribution in [1.29, 1.82) is 0 Å². The molecule has 1 atom stereocenters. The zero-order valence-electron chi connectivity index (χ0n) is 27.7. The van der Waals surface area contributed by atoms with Crippen molar-refractivity contribution in [1.82, 2.24) is 15.2 Å². The maximum Gasteiger partial charge on any atom is 0.411 e. The fraction of sp³-hybridized carbons (Fsp3) is 0.282. The number of benzene rings is 4. The van der Waals surface area contributed by atoms with Gasteiger partial charge in [-0.15, -0.1) is 0 Å². The van der Waals surface area contributed by atoms with E-state index in [9.17, 15) is 19.8 Å². The molecule has 1 aliphatic rings. The van der Waals surface area contributed by atoms with Gasteiger partial charge in [-0.25, -0.2) is 4.79 Å². The number of aliphatic hydroxyl groups excluding tert-OH is 1. The number of pyridine rings is 1. The number of fused-ring (bicyclic) bond motifs is 1. The number of phenolic OH excluding ortho intramolecular Hbond substituents is 1. The molecule has 50 heavy (non-hydrogen) atoms. The van der Waals surface area contributed by atoms with Crippen LogP contribution in [0.3, 0.4) is 0 Å². The van der Waals surface area contributed by atoms with Crippen LogP contribution in [0.1, 0.15) is 24.5 Å². The first-order valence-electron chi connectivity index (χ1n) is 16.9. The highest BCUT2D eigenvalue weighted by molar-refractivity contribution is 5.91. The molecular weight excluding hydrogens is 636 g/mol. The zero-order valence-corrected chi connectivity index (χ0v) is 27.7. The lowest BCUT2D eigenvalue weighted by Gasteiger charge is -2.31. The second-order valence-electron chi connectivity index (χ2n) is 12.2. The van der Waals surface area contributed by atoms with Gasteiger partial charge in [-0.3, -0.25) is 15.0 Å². The number of aliphatic hydroxyl groups is 1. The number of aromatic hydroxyl groups is 1. The highest BCUT2D eigenvalue weighted by Gasteiger charge is 2.23. The predicted molar refractivity (Wildman–Crippen MR) is 193 cm³/mol. The van der Waals surface area contributed by atoms with Gasteiger partial charge in [0, 0.05) is 49.7 Å². The largest absolute Gasteiger partial charge is 0.506 e. The number of carbonyl (C=O) groups is 1. The minimum absolute atomic E-state index is 0.0426. The number of anilines is 1. The van der Waals surface area contributed by atoms with Crippen molar-refractivity contribution in [3.63, 3.8) is 0 Å². The molecule has 2 heterocycles. The minimum Gasteiger partial charge on any atom is -0.506 e. The number of para-hydroxylation sites is 1. The van der Waals surface area contributed by atoms with Crippen molar-refractivity contribution in [3.05, 3.63) is 119 Å². The summed E-state index contributed by atoms with van der Waals surface area (Å²) in [4.78, 5) is 29.3. The third-order valence-electron chi connectivity index (χ3n) is 8.71. The Balaban J connectivity index is 0.848. The van der Waals surface area contributed by atoms with Crippen LogP contribution >= 0.6 is 0 Å². The maximum atomic E-state index is 12.7. The number of hydrogen-bond donors (Lipinski definition) is 5. The first-order chi connectivity index (χ1) is 24.4. The molecule has 0 spiro atoms. The molecule has 0 aliphatic carbocycles. The second kappa shape index (κ2) is 16.8. The number of carbonyl (C=O) groups excluding carboxylic acids is 1. The van der Waals surface area contributed by atoms with E-state index in [1.807, 2.05) is 78.9 Å².